The van der Waals surface area contributed by atoms with Crippen LogP contribution < -0.4 is 10.1 Å². The molecule has 28 heavy (non-hydrogen) atoms. The molecule has 1 aliphatic heterocycles. The Bertz CT molecular complexity index is 832. The minimum atomic E-state index is -0.664. The number of nitrogens with zero attached hydrogens (tertiary/aromatic N) is 2. The van der Waals surface area contributed by atoms with E-state index in [1.54, 1.807) is 6.20 Å². The molecular formula is C22H25N3O3. The van der Waals surface area contributed by atoms with Crippen molar-refractivity contribution in [2.45, 2.75) is 44.6 Å². The van der Waals surface area contributed by atoms with Crippen LogP contribution in [0.15, 0.2) is 53.8 Å². The molecule has 1 fully saturated rings. The smallest absolute Gasteiger partial charge is 0.269 e. The maximum Gasteiger partial charge on any atom is 0.269 e. The minimum absolute atomic E-state index is 0.268. The average Bonchev–Trinajstić information content (AvgIpc) is 3.25. The number of pyridine rings is 1. The van der Waals surface area contributed by atoms with Crippen LogP contribution in [0.25, 0.3) is 0 Å². The van der Waals surface area contributed by atoms with Crippen molar-refractivity contribution < 1.29 is 14.4 Å². The lowest BCUT2D eigenvalue weighted by atomic mass is 9.90. The SMILES string of the molecule is O=C(Nc1ncccc1OCC1CCCCC1)C1CC(c2ccccc2)=NO1. The van der Waals surface area contributed by atoms with Crippen molar-refractivity contribution in [3.8, 4) is 5.75 Å². The lowest BCUT2D eigenvalue weighted by Crippen LogP contribution is -2.28. The first-order chi connectivity index (χ1) is 13.8. The van der Waals surface area contributed by atoms with Gasteiger partial charge in [0.15, 0.2) is 11.6 Å². The molecule has 6 nitrogen and oxygen atoms in total. The number of ether oxygens (including phenoxy) is 1. The number of hydrogen-bond donors (Lipinski definition) is 1. The molecule has 1 unspecified atom stereocenters. The van der Waals surface area contributed by atoms with E-state index in [0.29, 0.717) is 30.5 Å². The van der Waals surface area contributed by atoms with Gasteiger partial charge in [0.2, 0.25) is 6.10 Å². The van der Waals surface area contributed by atoms with Crippen LogP contribution in [0.3, 0.4) is 0 Å². The van der Waals surface area contributed by atoms with Crippen molar-refractivity contribution in [2.75, 3.05) is 11.9 Å². The molecule has 1 aromatic heterocycles. The van der Waals surface area contributed by atoms with Crippen LogP contribution in [0, 0.1) is 5.92 Å². The van der Waals surface area contributed by atoms with Gasteiger partial charge in [0, 0.05) is 12.6 Å². The summed E-state index contributed by atoms with van der Waals surface area (Å²) in [5, 5.41) is 6.91. The molecule has 0 radical (unpaired) electrons. The first-order valence-corrected chi connectivity index (χ1v) is 9.96. The van der Waals surface area contributed by atoms with E-state index in [4.69, 9.17) is 9.57 Å². The molecule has 0 saturated heterocycles. The summed E-state index contributed by atoms with van der Waals surface area (Å²) >= 11 is 0. The van der Waals surface area contributed by atoms with Crippen LogP contribution >= 0.6 is 0 Å². The Morgan fingerprint density at radius 2 is 1.93 bits per heavy atom. The van der Waals surface area contributed by atoms with E-state index in [-0.39, 0.29) is 5.91 Å². The number of carbonyl (C=O) groups excluding carboxylic acids is 1. The van der Waals surface area contributed by atoms with Gasteiger partial charge >= 0.3 is 0 Å². The van der Waals surface area contributed by atoms with E-state index in [9.17, 15) is 4.79 Å². The number of aromatic nitrogens is 1. The van der Waals surface area contributed by atoms with Gasteiger partial charge in [-0.25, -0.2) is 4.98 Å². The summed E-state index contributed by atoms with van der Waals surface area (Å²) in [5.41, 5.74) is 1.74. The Morgan fingerprint density at radius 3 is 2.75 bits per heavy atom. The van der Waals surface area contributed by atoms with Gasteiger partial charge in [0.05, 0.1) is 12.3 Å². The third-order valence-electron chi connectivity index (χ3n) is 5.28. The maximum atomic E-state index is 12.6. The molecule has 1 aliphatic carbocycles. The van der Waals surface area contributed by atoms with Crippen LogP contribution in [0.4, 0.5) is 5.82 Å². The number of benzene rings is 1. The number of hydrogen-bond acceptors (Lipinski definition) is 5. The first-order valence-electron chi connectivity index (χ1n) is 9.96. The minimum Gasteiger partial charge on any atom is -0.489 e. The highest BCUT2D eigenvalue weighted by atomic mass is 16.6. The van der Waals surface area contributed by atoms with Crippen molar-refractivity contribution in [1.82, 2.24) is 4.98 Å². The number of rotatable bonds is 6. The monoisotopic (exact) mass is 379 g/mol. The topological polar surface area (TPSA) is 72.8 Å². The molecule has 4 rings (SSSR count). The zero-order valence-electron chi connectivity index (χ0n) is 15.8. The Morgan fingerprint density at radius 1 is 1.11 bits per heavy atom. The van der Waals surface area contributed by atoms with E-state index in [2.05, 4.69) is 15.5 Å². The Kier molecular flexibility index (Phi) is 5.85. The lowest BCUT2D eigenvalue weighted by Gasteiger charge is -2.22. The van der Waals surface area contributed by atoms with Gasteiger partial charge in [0.1, 0.15) is 0 Å². The third kappa shape index (κ3) is 4.50. The fourth-order valence-corrected chi connectivity index (χ4v) is 3.68. The zero-order valence-corrected chi connectivity index (χ0v) is 15.8. The quantitative estimate of drug-likeness (QED) is 0.817. The second-order valence-electron chi connectivity index (χ2n) is 7.36. The van der Waals surface area contributed by atoms with Crippen LogP contribution in [-0.2, 0) is 9.63 Å². The summed E-state index contributed by atoms with van der Waals surface area (Å²) in [6.07, 6.45) is 7.68. The molecule has 1 saturated carbocycles. The van der Waals surface area contributed by atoms with E-state index in [1.807, 2.05) is 42.5 Å². The van der Waals surface area contributed by atoms with Crippen LogP contribution in [0.2, 0.25) is 0 Å². The first kappa shape index (κ1) is 18.5. The van der Waals surface area contributed by atoms with Crippen molar-refractivity contribution >= 4 is 17.4 Å². The van der Waals surface area contributed by atoms with Crippen molar-refractivity contribution in [3.63, 3.8) is 0 Å². The van der Waals surface area contributed by atoms with Crippen molar-refractivity contribution in [3.05, 3.63) is 54.2 Å². The average molecular weight is 379 g/mol. The van der Waals surface area contributed by atoms with E-state index in [0.717, 1.165) is 11.3 Å². The Hall–Kier alpha value is -2.89. The molecule has 2 aromatic rings. The standard InChI is InChI=1S/C22H25N3O3/c26-22(20-14-18(25-28-20)17-10-5-2-6-11-17)24-21-19(12-7-13-23-21)27-15-16-8-3-1-4-9-16/h2,5-7,10-13,16,20H,1,3-4,8-9,14-15H2,(H,23,24,26). The van der Waals surface area contributed by atoms with Crippen LogP contribution in [0.5, 0.6) is 5.75 Å². The molecule has 1 aromatic carbocycles. The number of anilines is 1. The summed E-state index contributed by atoms with van der Waals surface area (Å²) in [4.78, 5) is 22.3. The molecule has 2 heterocycles. The number of amides is 1. The van der Waals surface area contributed by atoms with Crippen LogP contribution in [0.1, 0.15) is 44.1 Å². The fraction of sp³-hybridized carbons (Fsp3) is 0.409. The number of oxime groups is 1. The molecule has 146 valence electrons. The molecule has 1 amide bonds. The summed E-state index contributed by atoms with van der Waals surface area (Å²) in [7, 11) is 0. The van der Waals surface area contributed by atoms with E-state index < -0.39 is 6.10 Å². The molecule has 0 spiro atoms. The highest BCUT2D eigenvalue weighted by Gasteiger charge is 2.29. The van der Waals surface area contributed by atoms with E-state index >= 15 is 0 Å². The Labute approximate surface area is 164 Å². The van der Waals surface area contributed by atoms with Gasteiger partial charge < -0.3 is 14.9 Å². The van der Waals surface area contributed by atoms with E-state index in [1.165, 1.54) is 32.1 Å². The van der Waals surface area contributed by atoms with Crippen molar-refractivity contribution in [2.24, 2.45) is 11.1 Å². The predicted octanol–water partition coefficient (Wildman–Crippen LogP) is 4.17. The maximum absolute atomic E-state index is 12.6. The predicted molar refractivity (Wildman–Crippen MR) is 107 cm³/mol. The largest absolute Gasteiger partial charge is 0.489 e. The highest BCUT2D eigenvalue weighted by Crippen LogP contribution is 2.27. The van der Waals surface area contributed by atoms with Gasteiger partial charge in [-0.2, -0.15) is 0 Å². The van der Waals surface area contributed by atoms with Gasteiger partial charge in [-0.15, -0.1) is 0 Å². The Balaban J connectivity index is 1.35. The molecular weight excluding hydrogens is 354 g/mol. The fourth-order valence-electron chi connectivity index (χ4n) is 3.68. The van der Waals surface area contributed by atoms with Gasteiger partial charge in [0.25, 0.3) is 5.91 Å². The third-order valence-corrected chi connectivity index (χ3v) is 5.28. The summed E-state index contributed by atoms with van der Waals surface area (Å²) in [6.45, 7) is 0.662. The normalized spacial score (nSPS) is 19.6. The molecule has 1 N–H and O–H groups in total. The molecule has 2 aliphatic rings. The zero-order chi connectivity index (χ0) is 19.2. The van der Waals surface area contributed by atoms with Crippen molar-refractivity contribution in [1.29, 1.82) is 0 Å². The second-order valence-corrected chi connectivity index (χ2v) is 7.36. The number of nitrogens with one attached hydrogen (secondary N) is 1. The molecule has 6 heteroatoms. The summed E-state index contributed by atoms with van der Waals surface area (Å²) < 4.78 is 5.98. The molecule has 1 atom stereocenters. The van der Waals surface area contributed by atoms with Gasteiger partial charge in [-0.05, 0) is 36.5 Å². The lowest BCUT2D eigenvalue weighted by molar-refractivity contribution is -0.125. The van der Waals surface area contributed by atoms with Gasteiger partial charge in [-0.3, -0.25) is 4.79 Å². The van der Waals surface area contributed by atoms with Gasteiger partial charge in [-0.1, -0.05) is 54.8 Å². The molecule has 0 bridgehead atoms. The summed E-state index contributed by atoms with van der Waals surface area (Å²) in [6, 6.07) is 13.4. The summed E-state index contributed by atoms with van der Waals surface area (Å²) in [5.74, 6) is 1.34. The number of carbonyl (C=O) groups is 1. The highest BCUT2D eigenvalue weighted by molar-refractivity contribution is 6.06. The second kappa shape index (κ2) is 8.87. The van der Waals surface area contributed by atoms with Crippen LogP contribution in [-0.4, -0.2) is 29.3 Å².